The van der Waals surface area contributed by atoms with Crippen molar-refractivity contribution >= 4 is 15.4 Å². The van der Waals surface area contributed by atoms with E-state index in [0.717, 1.165) is 4.57 Å². The molecule has 2 rings (SSSR count). The maximum absolute atomic E-state index is 12.0. The lowest BCUT2D eigenvalue weighted by Gasteiger charge is -2.21. The van der Waals surface area contributed by atoms with Crippen molar-refractivity contribution < 1.29 is 37.6 Å². The third-order valence-corrected chi connectivity index (χ3v) is 5.63. The molecule has 12 nitrogen and oxygen atoms in total. The fraction of sp³-hybridized carbons (Fsp3) is 0.667. The van der Waals surface area contributed by atoms with Crippen LogP contribution in [0.1, 0.15) is 25.1 Å². The van der Waals surface area contributed by atoms with Gasteiger partial charge in [-0.05, 0) is 6.92 Å². The molecule has 0 saturated carbocycles. The number of nitrogens with zero attached hydrogens (tertiary/aromatic N) is 1. The second-order valence-corrected chi connectivity index (χ2v) is 9.08. The molecular weight excluding hydrogens is 394 g/mol. The zero-order valence-electron chi connectivity index (χ0n) is 14.0. The number of hydrogen-bond donors (Lipinski definition) is 4. The van der Waals surface area contributed by atoms with Gasteiger partial charge in [0.15, 0.2) is 0 Å². The van der Waals surface area contributed by atoms with Crippen molar-refractivity contribution in [3.05, 3.63) is 32.6 Å². The number of phosphoric ester groups is 1. The first kappa shape index (κ1) is 21.2. The number of aromatic amines is 1. The lowest BCUT2D eigenvalue weighted by molar-refractivity contribution is -0.0424. The molecule has 4 atom stereocenters. The molecule has 0 bridgehead atoms. The fourth-order valence-electron chi connectivity index (χ4n) is 2.39. The number of hydrogen-bond acceptors (Lipinski definition) is 7. The zero-order valence-corrected chi connectivity index (χ0v) is 15.8. The van der Waals surface area contributed by atoms with Gasteiger partial charge in [0.1, 0.15) is 12.3 Å². The highest BCUT2D eigenvalue weighted by Gasteiger charge is 2.41. The van der Waals surface area contributed by atoms with Crippen LogP contribution in [-0.4, -0.2) is 49.2 Å². The molecule has 14 heteroatoms. The molecule has 1 fully saturated rings. The summed E-state index contributed by atoms with van der Waals surface area (Å²) in [4.78, 5) is 52.9. The molecular formula is C12H20N2O10P2. The smallest absolute Gasteiger partial charge is 0.349 e. The third-order valence-electron chi connectivity index (χ3n) is 3.74. The van der Waals surface area contributed by atoms with Crippen molar-refractivity contribution in [3.63, 3.8) is 0 Å². The van der Waals surface area contributed by atoms with E-state index in [9.17, 15) is 23.6 Å². The minimum Gasteiger partial charge on any atom is -0.349 e. The van der Waals surface area contributed by atoms with Crippen LogP contribution in [0.2, 0.25) is 0 Å². The van der Waals surface area contributed by atoms with Gasteiger partial charge < -0.3 is 23.9 Å². The van der Waals surface area contributed by atoms with Gasteiger partial charge in [0, 0.05) is 24.3 Å². The van der Waals surface area contributed by atoms with E-state index in [2.05, 4.69) is 9.51 Å². The summed E-state index contributed by atoms with van der Waals surface area (Å²) in [6.07, 6.45) is -2.14. The molecule has 1 unspecified atom stereocenters. The summed E-state index contributed by atoms with van der Waals surface area (Å²) in [7, 11) is -8.75. The summed E-state index contributed by atoms with van der Waals surface area (Å²) >= 11 is 0. The number of aromatic nitrogens is 2. The average molecular weight is 414 g/mol. The zero-order chi connectivity index (χ0) is 19.7. The number of aryl methyl sites for hydroxylation is 1. The lowest BCUT2D eigenvalue weighted by atomic mass is 10.2. The molecule has 0 spiro atoms. The highest BCUT2D eigenvalue weighted by atomic mass is 31.2. The number of rotatable bonds is 7. The number of phosphoric acid groups is 1. The number of H-pyrrole nitrogens is 1. The Morgan fingerprint density at radius 1 is 1.35 bits per heavy atom. The normalized spacial score (nSPS) is 26.0. The summed E-state index contributed by atoms with van der Waals surface area (Å²) < 4.78 is 38.9. The quantitative estimate of drug-likeness (QED) is 0.438. The van der Waals surface area contributed by atoms with Crippen molar-refractivity contribution in [2.24, 2.45) is 0 Å². The second-order valence-electron chi connectivity index (χ2n) is 5.73. The van der Waals surface area contributed by atoms with Gasteiger partial charge in [0.2, 0.25) is 0 Å². The highest BCUT2D eigenvalue weighted by molar-refractivity contribution is 7.52. The standard InChI is InChI=1S/C12H20N2O10P2/c1-3-25(17,18)24-8-4-10(23-9(8)6-22-26(19,20)21)14-5-7(2)11(15)13-12(14)16/h5,8-10H,3-4,6H2,1-2H3,(H,17,18)(H,13,15,16)(H2,19,20,21)/t8-,9+,10+/m0/s1. The first-order valence-electron chi connectivity index (χ1n) is 7.59. The maximum atomic E-state index is 12.0. The molecule has 1 aromatic rings. The predicted molar refractivity (Wildman–Crippen MR) is 87.8 cm³/mol. The van der Waals surface area contributed by atoms with E-state index in [0.29, 0.717) is 0 Å². The van der Waals surface area contributed by atoms with E-state index in [1.807, 2.05) is 0 Å². The molecule has 4 N–H and O–H groups in total. The van der Waals surface area contributed by atoms with E-state index in [1.54, 1.807) is 0 Å². The highest BCUT2D eigenvalue weighted by Crippen LogP contribution is 2.47. The van der Waals surface area contributed by atoms with Crippen LogP contribution in [0.5, 0.6) is 0 Å². The third kappa shape index (κ3) is 5.45. The van der Waals surface area contributed by atoms with Gasteiger partial charge in [0.25, 0.3) is 5.56 Å². The van der Waals surface area contributed by atoms with Crippen LogP contribution < -0.4 is 11.2 Å². The van der Waals surface area contributed by atoms with Crippen molar-refractivity contribution in [1.82, 2.24) is 9.55 Å². The summed E-state index contributed by atoms with van der Waals surface area (Å²) in [6.45, 7) is 2.29. The van der Waals surface area contributed by atoms with Crippen LogP contribution >= 0.6 is 15.4 Å². The van der Waals surface area contributed by atoms with Gasteiger partial charge in [-0.25, -0.2) is 9.36 Å². The Hall–Kier alpha value is -1.10. The van der Waals surface area contributed by atoms with Crippen molar-refractivity contribution in [2.45, 2.75) is 38.7 Å². The lowest BCUT2D eigenvalue weighted by Crippen LogP contribution is -2.33. The first-order valence-corrected chi connectivity index (χ1v) is 10.9. The first-order chi connectivity index (χ1) is 11.9. The summed E-state index contributed by atoms with van der Waals surface area (Å²) in [5, 5.41) is 0. The van der Waals surface area contributed by atoms with E-state index >= 15 is 0 Å². The minimum absolute atomic E-state index is 0.0644. The Bertz CT molecular complexity index is 858. The Balaban J connectivity index is 2.27. The maximum Gasteiger partial charge on any atom is 0.469 e. The molecule has 1 aliphatic rings. The summed E-state index contributed by atoms with van der Waals surface area (Å²) in [5.41, 5.74) is -1.09. The molecule has 1 saturated heterocycles. The predicted octanol–water partition coefficient (Wildman–Crippen LogP) is -0.168. The fourth-order valence-corrected chi connectivity index (χ4v) is 3.52. The largest absolute Gasteiger partial charge is 0.469 e. The molecule has 0 amide bonds. The Morgan fingerprint density at radius 2 is 2.00 bits per heavy atom. The molecule has 26 heavy (non-hydrogen) atoms. The van der Waals surface area contributed by atoms with Gasteiger partial charge in [-0.3, -0.25) is 23.4 Å². The van der Waals surface area contributed by atoms with Crippen molar-refractivity contribution in [3.8, 4) is 0 Å². The topological polar surface area (TPSA) is 177 Å². The van der Waals surface area contributed by atoms with Crippen LogP contribution in [0.3, 0.4) is 0 Å². The minimum atomic E-state index is -4.80. The van der Waals surface area contributed by atoms with Crippen LogP contribution in [0.15, 0.2) is 15.8 Å². The number of ether oxygens (including phenoxy) is 1. The van der Waals surface area contributed by atoms with Crippen LogP contribution in [0, 0.1) is 6.92 Å². The van der Waals surface area contributed by atoms with Gasteiger partial charge >= 0.3 is 21.1 Å². The van der Waals surface area contributed by atoms with Crippen molar-refractivity contribution in [1.29, 1.82) is 0 Å². The van der Waals surface area contributed by atoms with E-state index in [-0.39, 0.29) is 18.1 Å². The molecule has 1 aliphatic heterocycles. The van der Waals surface area contributed by atoms with Crippen LogP contribution in [0.25, 0.3) is 0 Å². The molecule has 0 aromatic carbocycles. The molecule has 0 aliphatic carbocycles. The summed E-state index contributed by atoms with van der Waals surface area (Å²) in [5.74, 6) is 0. The van der Waals surface area contributed by atoms with Gasteiger partial charge in [0.05, 0.1) is 12.7 Å². The second kappa shape index (κ2) is 7.87. The SMILES string of the molecule is CCP(=O)(O)O[C@H]1C[C@H](n2cc(C)c(=O)[nH]c2=O)O[C@@H]1COP(=O)(O)O. The Kier molecular flexibility index (Phi) is 6.42. The Labute approximate surface area is 147 Å². The Morgan fingerprint density at radius 3 is 2.58 bits per heavy atom. The molecule has 2 heterocycles. The van der Waals surface area contributed by atoms with Crippen LogP contribution in [0.4, 0.5) is 0 Å². The summed E-state index contributed by atoms with van der Waals surface area (Å²) in [6, 6.07) is 0. The average Bonchev–Trinajstić information content (AvgIpc) is 2.90. The van der Waals surface area contributed by atoms with Gasteiger partial charge in [-0.15, -0.1) is 0 Å². The van der Waals surface area contributed by atoms with E-state index in [1.165, 1.54) is 20.0 Å². The molecule has 1 aromatic heterocycles. The van der Waals surface area contributed by atoms with E-state index in [4.69, 9.17) is 19.0 Å². The van der Waals surface area contributed by atoms with Gasteiger partial charge in [-0.2, -0.15) is 0 Å². The number of nitrogens with one attached hydrogen (secondary N) is 1. The molecule has 148 valence electrons. The molecule has 0 radical (unpaired) electrons. The van der Waals surface area contributed by atoms with Gasteiger partial charge in [-0.1, -0.05) is 6.92 Å². The van der Waals surface area contributed by atoms with Crippen LogP contribution in [-0.2, 0) is 22.9 Å². The monoisotopic (exact) mass is 414 g/mol. The van der Waals surface area contributed by atoms with Crippen molar-refractivity contribution in [2.75, 3.05) is 12.8 Å². The van der Waals surface area contributed by atoms with E-state index < -0.39 is 51.7 Å².